The first kappa shape index (κ1) is 11.3. The van der Waals surface area contributed by atoms with Crippen LogP contribution in [0.4, 0.5) is 5.69 Å². The van der Waals surface area contributed by atoms with Crippen LogP contribution in [0.3, 0.4) is 0 Å². The van der Waals surface area contributed by atoms with Crippen LogP contribution in [0.15, 0.2) is 53.3 Å². The van der Waals surface area contributed by atoms with E-state index in [2.05, 4.69) is 15.3 Å². The Kier molecular flexibility index (Phi) is 2.64. The van der Waals surface area contributed by atoms with E-state index in [0.29, 0.717) is 22.3 Å². The highest BCUT2D eigenvalue weighted by Crippen LogP contribution is 2.15. The lowest BCUT2D eigenvalue weighted by atomic mass is 10.1. The molecule has 2 aromatic carbocycles. The molecule has 1 amide bonds. The first-order valence-corrected chi connectivity index (χ1v) is 5.81. The number of carbonyl (C=O) groups excluding carboxylic acids is 1. The highest BCUT2D eigenvalue weighted by Gasteiger charge is 2.11. The molecule has 94 valence electrons. The fraction of sp³-hybridized carbons (Fsp3) is 0. The summed E-state index contributed by atoms with van der Waals surface area (Å²) in [6.07, 6.45) is 0. The Bertz CT molecular complexity index is 787. The summed E-state index contributed by atoms with van der Waals surface area (Å²) in [6, 6.07) is 14.3. The molecule has 19 heavy (non-hydrogen) atoms. The Morgan fingerprint density at radius 1 is 0.947 bits per heavy atom. The van der Waals surface area contributed by atoms with E-state index in [1.807, 2.05) is 18.2 Å². The van der Waals surface area contributed by atoms with E-state index in [1.54, 1.807) is 30.3 Å². The van der Waals surface area contributed by atoms with Gasteiger partial charge in [-0.05, 0) is 24.3 Å². The highest BCUT2D eigenvalue weighted by molar-refractivity contribution is 6.11. The van der Waals surface area contributed by atoms with E-state index in [9.17, 15) is 9.59 Å². The zero-order valence-corrected chi connectivity index (χ0v) is 9.94. The number of hydrogen-bond donors (Lipinski definition) is 3. The molecule has 3 aromatic rings. The molecule has 0 aliphatic heterocycles. The number of benzene rings is 2. The highest BCUT2D eigenvalue weighted by atomic mass is 16.2. The molecule has 0 bridgehead atoms. The molecule has 0 atom stereocenters. The molecular weight excluding hydrogens is 242 g/mol. The summed E-state index contributed by atoms with van der Waals surface area (Å²) in [5.41, 5.74) is 1.95. The van der Waals surface area contributed by atoms with E-state index in [0.717, 1.165) is 0 Å². The average molecular weight is 253 g/mol. The molecule has 0 aliphatic rings. The summed E-state index contributed by atoms with van der Waals surface area (Å²) in [7, 11) is 0. The fourth-order valence-corrected chi connectivity index (χ4v) is 1.97. The fourth-order valence-electron chi connectivity index (χ4n) is 1.97. The lowest BCUT2D eigenvalue weighted by Crippen LogP contribution is -2.12. The van der Waals surface area contributed by atoms with Crippen LogP contribution in [0.2, 0.25) is 0 Å². The maximum atomic E-state index is 12.2. The van der Waals surface area contributed by atoms with Crippen molar-refractivity contribution in [3.63, 3.8) is 0 Å². The number of aromatic amines is 2. The number of aromatic nitrogens is 2. The van der Waals surface area contributed by atoms with Crippen molar-refractivity contribution in [1.29, 1.82) is 0 Å². The van der Waals surface area contributed by atoms with Crippen LogP contribution in [0, 0.1) is 0 Å². The SMILES string of the molecule is O=C(Nc1ccccc1)c1cccc2[nH]c(=O)[nH]c12. The first-order chi connectivity index (χ1) is 9.24. The Morgan fingerprint density at radius 3 is 2.53 bits per heavy atom. The van der Waals surface area contributed by atoms with Crippen molar-refractivity contribution in [3.8, 4) is 0 Å². The molecule has 0 fully saturated rings. The lowest BCUT2D eigenvalue weighted by Gasteiger charge is -2.05. The number of fused-ring (bicyclic) bond motifs is 1. The number of imidazole rings is 1. The molecule has 1 heterocycles. The molecule has 0 spiro atoms. The van der Waals surface area contributed by atoms with Crippen LogP contribution in [-0.2, 0) is 0 Å². The zero-order valence-electron chi connectivity index (χ0n) is 9.94. The predicted octanol–water partition coefficient (Wildman–Crippen LogP) is 2.11. The van der Waals surface area contributed by atoms with Gasteiger partial charge in [-0.15, -0.1) is 0 Å². The van der Waals surface area contributed by atoms with Crippen molar-refractivity contribution in [2.45, 2.75) is 0 Å². The Hall–Kier alpha value is -2.82. The Morgan fingerprint density at radius 2 is 1.74 bits per heavy atom. The van der Waals surface area contributed by atoms with E-state index in [4.69, 9.17) is 0 Å². The number of amides is 1. The summed E-state index contributed by atoms with van der Waals surface area (Å²) in [6.45, 7) is 0. The second-order valence-corrected chi connectivity index (χ2v) is 4.13. The topological polar surface area (TPSA) is 77.8 Å². The van der Waals surface area contributed by atoms with Crippen LogP contribution >= 0.6 is 0 Å². The molecular formula is C14H11N3O2. The summed E-state index contributed by atoms with van der Waals surface area (Å²) in [4.78, 5) is 28.7. The number of para-hydroxylation sites is 2. The van der Waals surface area contributed by atoms with Crippen LogP contribution < -0.4 is 11.0 Å². The van der Waals surface area contributed by atoms with E-state index in [-0.39, 0.29) is 11.6 Å². The summed E-state index contributed by atoms with van der Waals surface area (Å²) in [5, 5.41) is 2.78. The standard InChI is InChI=1S/C14H11N3O2/c18-13(15-9-5-2-1-3-6-9)10-7-4-8-11-12(10)17-14(19)16-11/h1-8H,(H,15,18)(H2,16,17,19). The van der Waals surface area contributed by atoms with Gasteiger partial charge in [0.15, 0.2) is 0 Å². The first-order valence-electron chi connectivity index (χ1n) is 5.81. The predicted molar refractivity (Wildman–Crippen MR) is 73.3 cm³/mol. The van der Waals surface area contributed by atoms with Crippen LogP contribution in [0.25, 0.3) is 11.0 Å². The quantitative estimate of drug-likeness (QED) is 0.654. The Labute approximate surface area is 108 Å². The summed E-state index contributed by atoms with van der Waals surface area (Å²) >= 11 is 0. The number of anilines is 1. The summed E-state index contributed by atoms with van der Waals surface area (Å²) < 4.78 is 0. The third-order valence-electron chi connectivity index (χ3n) is 2.83. The second-order valence-electron chi connectivity index (χ2n) is 4.13. The van der Waals surface area contributed by atoms with Gasteiger partial charge in [0.1, 0.15) is 0 Å². The van der Waals surface area contributed by atoms with Gasteiger partial charge in [0.2, 0.25) is 0 Å². The second kappa shape index (κ2) is 4.45. The number of nitrogens with one attached hydrogen (secondary N) is 3. The van der Waals surface area contributed by atoms with Gasteiger partial charge < -0.3 is 15.3 Å². The van der Waals surface area contributed by atoms with Crippen molar-refractivity contribution >= 4 is 22.6 Å². The molecule has 1 aromatic heterocycles. The third-order valence-corrected chi connectivity index (χ3v) is 2.83. The van der Waals surface area contributed by atoms with Gasteiger partial charge >= 0.3 is 5.69 Å². The molecule has 0 aliphatic carbocycles. The largest absolute Gasteiger partial charge is 0.323 e. The van der Waals surface area contributed by atoms with E-state index >= 15 is 0 Å². The normalized spacial score (nSPS) is 10.5. The molecule has 0 saturated heterocycles. The van der Waals surface area contributed by atoms with Gasteiger partial charge in [-0.2, -0.15) is 0 Å². The minimum absolute atomic E-state index is 0.257. The molecule has 3 N–H and O–H groups in total. The number of hydrogen-bond acceptors (Lipinski definition) is 2. The molecule has 0 radical (unpaired) electrons. The number of carbonyl (C=O) groups is 1. The van der Waals surface area contributed by atoms with Crippen LogP contribution in [0.5, 0.6) is 0 Å². The third kappa shape index (κ3) is 2.13. The van der Waals surface area contributed by atoms with Gasteiger partial charge in [-0.1, -0.05) is 24.3 Å². The molecule has 0 unspecified atom stereocenters. The van der Waals surface area contributed by atoms with Crippen LogP contribution in [0.1, 0.15) is 10.4 Å². The molecule has 3 rings (SSSR count). The zero-order chi connectivity index (χ0) is 13.2. The van der Waals surface area contributed by atoms with E-state index < -0.39 is 0 Å². The van der Waals surface area contributed by atoms with Crippen molar-refractivity contribution in [1.82, 2.24) is 9.97 Å². The van der Waals surface area contributed by atoms with Crippen molar-refractivity contribution in [2.24, 2.45) is 0 Å². The minimum atomic E-state index is -0.324. The Balaban J connectivity index is 2.00. The van der Waals surface area contributed by atoms with Crippen LogP contribution in [-0.4, -0.2) is 15.9 Å². The number of H-pyrrole nitrogens is 2. The lowest BCUT2D eigenvalue weighted by molar-refractivity contribution is 0.102. The smallest absolute Gasteiger partial charge is 0.322 e. The average Bonchev–Trinajstić information content (AvgIpc) is 2.79. The van der Waals surface area contributed by atoms with Crippen molar-refractivity contribution < 1.29 is 4.79 Å². The van der Waals surface area contributed by atoms with Gasteiger partial charge in [-0.3, -0.25) is 4.79 Å². The molecule has 0 saturated carbocycles. The molecule has 5 heteroatoms. The monoisotopic (exact) mass is 253 g/mol. The van der Waals surface area contributed by atoms with Crippen molar-refractivity contribution in [3.05, 3.63) is 64.6 Å². The minimum Gasteiger partial charge on any atom is -0.322 e. The summed E-state index contributed by atoms with van der Waals surface area (Å²) in [5.74, 6) is -0.257. The van der Waals surface area contributed by atoms with Gasteiger partial charge in [-0.25, -0.2) is 4.79 Å². The van der Waals surface area contributed by atoms with Gasteiger partial charge in [0.05, 0.1) is 16.6 Å². The number of rotatable bonds is 2. The molecule has 5 nitrogen and oxygen atoms in total. The van der Waals surface area contributed by atoms with E-state index in [1.165, 1.54) is 0 Å². The van der Waals surface area contributed by atoms with Crippen molar-refractivity contribution in [2.75, 3.05) is 5.32 Å². The van der Waals surface area contributed by atoms with Gasteiger partial charge in [0, 0.05) is 5.69 Å². The maximum absolute atomic E-state index is 12.2. The maximum Gasteiger partial charge on any atom is 0.323 e. The van der Waals surface area contributed by atoms with Gasteiger partial charge in [0.25, 0.3) is 5.91 Å².